The summed E-state index contributed by atoms with van der Waals surface area (Å²) in [6.07, 6.45) is 0.784. The predicted octanol–water partition coefficient (Wildman–Crippen LogP) is 4.03. The first kappa shape index (κ1) is 10.9. The van der Waals surface area contributed by atoms with Crippen molar-refractivity contribution in [3.63, 3.8) is 0 Å². The Labute approximate surface area is 106 Å². The Morgan fingerprint density at radius 3 is 2.72 bits per heavy atom. The Balaban J connectivity index is 1.91. The second-order valence-corrected chi connectivity index (χ2v) is 4.28. The molecule has 0 unspecified atom stereocenters. The highest BCUT2D eigenvalue weighted by Gasteiger charge is 2.04. The second kappa shape index (κ2) is 4.57. The Bertz CT molecular complexity index is 634. The molecule has 0 N–H and O–H groups in total. The first-order valence-corrected chi connectivity index (χ1v) is 5.95. The molecule has 3 rings (SSSR count). The number of rotatable bonds is 3. The Hall–Kier alpha value is -2.22. The SMILES string of the molecule is COc1cccc(Cc2cc3ccccc3o2)c1. The normalized spacial score (nSPS) is 10.7. The van der Waals surface area contributed by atoms with Gasteiger partial charge in [-0.1, -0.05) is 30.3 Å². The van der Waals surface area contributed by atoms with Crippen LogP contribution in [0.15, 0.2) is 59.0 Å². The van der Waals surface area contributed by atoms with Gasteiger partial charge in [0.1, 0.15) is 17.1 Å². The van der Waals surface area contributed by atoms with Crippen LogP contribution in [0.3, 0.4) is 0 Å². The van der Waals surface area contributed by atoms with Crippen LogP contribution in [0.5, 0.6) is 5.75 Å². The number of hydrogen-bond acceptors (Lipinski definition) is 2. The maximum Gasteiger partial charge on any atom is 0.134 e. The van der Waals surface area contributed by atoms with Crippen LogP contribution in [0.25, 0.3) is 11.0 Å². The molecule has 1 aromatic heterocycles. The van der Waals surface area contributed by atoms with Crippen molar-refractivity contribution in [3.8, 4) is 5.75 Å². The fourth-order valence-corrected chi connectivity index (χ4v) is 2.11. The molecule has 2 nitrogen and oxygen atoms in total. The van der Waals surface area contributed by atoms with Gasteiger partial charge in [-0.25, -0.2) is 0 Å². The maximum absolute atomic E-state index is 5.80. The standard InChI is InChI=1S/C16H14O2/c1-17-14-7-4-5-12(9-14)10-15-11-13-6-2-3-8-16(13)18-15/h2-9,11H,10H2,1H3. The molecule has 0 saturated carbocycles. The molecule has 2 aromatic carbocycles. The van der Waals surface area contributed by atoms with Crippen LogP contribution in [0.4, 0.5) is 0 Å². The van der Waals surface area contributed by atoms with Crippen LogP contribution in [0, 0.1) is 0 Å². The van der Waals surface area contributed by atoms with Crippen LogP contribution in [0.1, 0.15) is 11.3 Å². The second-order valence-electron chi connectivity index (χ2n) is 4.28. The molecule has 1 heterocycles. The number of hydrogen-bond donors (Lipinski definition) is 0. The van der Waals surface area contributed by atoms with Crippen LogP contribution >= 0.6 is 0 Å². The molecule has 0 aliphatic rings. The van der Waals surface area contributed by atoms with Crippen molar-refractivity contribution in [1.82, 2.24) is 0 Å². The van der Waals surface area contributed by atoms with E-state index in [0.29, 0.717) is 0 Å². The first-order chi connectivity index (χ1) is 8.85. The number of ether oxygens (including phenoxy) is 1. The van der Waals surface area contributed by atoms with Gasteiger partial charge in [0.15, 0.2) is 0 Å². The van der Waals surface area contributed by atoms with Crippen molar-refractivity contribution in [2.24, 2.45) is 0 Å². The molecule has 0 aliphatic carbocycles. The van der Waals surface area contributed by atoms with Gasteiger partial charge < -0.3 is 9.15 Å². The van der Waals surface area contributed by atoms with Crippen LogP contribution < -0.4 is 4.74 Å². The van der Waals surface area contributed by atoms with Gasteiger partial charge in [-0.05, 0) is 29.8 Å². The third kappa shape index (κ3) is 2.09. The van der Waals surface area contributed by atoms with Gasteiger partial charge in [0.2, 0.25) is 0 Å². The molecule has 0 aliphatic heterocycles. The highest BCUT2D eigenvalue weighted by Crippen LogP contribution is 2.22. The number of methoxy groups -OCH3 is 1. The number of furan rings is 1. The van der Waals surface area contributed by atoms with E-state index in [-0.39, 0.29) is 0 Å². The smallest absolute Gasteiger partial charge is 0.134 e. The van der Waals surface area contributed by atoms with Crippen molar-refractivity contribution in [3.05, 3.63) is 65.9 Å². The van der Waals surface area contributed by atoms with Crippen LogP contribution in [-0.2, 0) is 6.42 Å². The molecule has 18 heavy (non-hydrogen) atoms. The van der Waals surface area contributed by atoms with Gasteiger partial charge in [0, 0.05) is 11.8 Å². The Morgan fingerprint density at radius 2 is 1.89 bits per heavy atom. The van der Waals surface area contributed by atoms with Crippen molar-refractivity contribution in [2.75, 3.05) is 7.11 Å². The minimum atomic E-state index is 0.784. The summed E-state index contributed by atoms with van der Waals surface area (Å²) in [5.41, 5.74) is 2.13. The van der Waals surface area contributed by atoms with Gasteiger partial charge in [0.05, 0.1) is 7.11 Å². The molecule has 0 atom stereocenters. The van der Waals surface area contributed by atoms with Crippen molar-refractivity contribution >= 4 is 11.0 Å². The molecule has 0 radical (unpaired) electrons. The fourth-order valence-electron chi connectivity index (χ4n) is 2.11. The van der Waals surface area contributed by atoms with E-state index in [1.165, 1.54) is 5.56 Å². The summed E-state index contributed by atoms with van der Waals surface area (Å²) in [6, 6.07) is 18.2. The topological polar surface area (TPSA) is 22.4 Å². The highest BCUT2D eigenvalue weighted by molar-refractivity contribution is 5.77. The van der Waals surface area contributed by atoms with E-state index in [0.717, 1.165) is 28.9 Å². The predicted molar refractivity (Wildman–Crippen MR) is 72.0 cm³/mol. The zero-order valence-corrected chi connectivity index (χ0v) is 10.2. The van der Waals surface area contributed by atoms with E-state index in [9.17, 15) is 0 Å². The molecule has 2 heteroatoms. The number of fused-ring (bicyclic) bond motifs is 1. The van der Waals surface area contributed by atoms with E-state index in [2.05, 4.69) is 18.2 Å². The van der Waals surface area contributed by atoms with Crippen molar-refractivity contribution in [2.45, 2.75) is 6.42 Å². The summed E-state index contributed by atoms with van der Waals surface area (Å²) in [4.78, 5) is 0. The summed E-state index contributed by atoms with van der Waals surface area (Å²) in [5, 5.41) is 1.15. The van der Waals surface area contributed by atoms with E-state index in [1.807, 2.05) is 36.4 Å². The van der Waals surface area contributed by atoms with Gasteiger partial charge in [-0.2, -0.15) is 0 Å². The lowest BCUT2D eigenvalue weighted by Gasteiger charge is -2.02. The van der Waals surface area contributed by atoms with Crippen molar-refractivity contribution in [1.29, 1.82) is 0 Å². The van der Waals surface area contributed by atoms with Crippen LogP contribution in [-0.4, -0.2) is 7.11 Å². The third-order valence-electron chi connectivity index (χ3n) is 2.99. The summed E-state index contributed by atoms with van der Waals surface area (Å²) in [6.45, 7) is 0. The maximum atomic E-state index is 5.80. The first-order valence-electron chi connectivity index (χ1n) is 5.95. The average molecular weight is 238 g/mol. The molecule has 0 spiro atoms. The van der Waals surface area contributed by atoms with Gasteiger partial charge >= 0.3 is 0 Å². The number of para-hydroxylation sites is 1. The summed E-state index contributed by atoms with van der Waals surface area (Å²) in [5.74, 6) is 1.85. The quantitative estimate of drug-likeness (QED) is 0.687. The average Bonchev–Trinajstić information content (AvgIpc) is 2.81. The monoisotopic (exact) mass is 238 g/mol. The molecular weight excluding hydrogens is 224 g/mol. The van der Waals surface area contributed by atoms with E-state index in [1.54, 1.807) is 7.11 Å². The molecule has 0 fully saturated rings. The number of benzene rings is 2. The Kier molecular flexibility index (Phi) is 2.77. The molecule has 3 aromatic rings. The summed E-state index contributed by atoms with van der Waals surface area (Å²) < 4.78 is 11.0. The molecular formula is C16H14O2. The molecule has 90 valence electrons. The zero-order chi connectivity index (χ0) is 12.4. The zero-order valence-electron chi connectivity index (χ0n) is 10.2. The molecule has 0 bridgehead atoms. The fraction of sp³-hybridized carbons (Fsp3) is 0.125. The summed E-state index contributed by atoms with van der Waals surface area (Å²) >= 11 is 0. The minimum absolute atomic E-state index is 0.784. The van der Waals surface area contributed by atoms with Gasteiger partial charge in [-0.15, -0.1) is 0 Å². The van der Waals surface area contributed by atoms with Gasteiger partial charge in [0.25, 0.3) is 0 Å². The molecule has 0 saturated heterocycles. The van der Waals surface area contributed by atoms with Crippen LogP contribution in [0.2, 0.25) is 0 Å². The lowest BCUT2D eigenvalue weighted by Crippen LogP contribution is -1.88. The molecule has 0 amide bonds. The lowest BCUT2D eigenvalue weighted by molar-refractivity contribution is 0.414. The minimum Gasteiger partial charge on any atom is -0.497 e. The third-order valence-corrected chi connectivity index (χ3v) is 2.99. The van der Waals surface area contributed by atoms with Gasteiger partial charge in [-0.3, -0.25) is 0 Å². The highest BCUT2D eigenvalue weighted by atomic mass is 16.5. The van der Waals surface area contributed by atoms with E-state index in [4.69, 9.17) is 9.15 Å². The van der Waals surface area contributed by atoms with Crippen molar-refractivity contribution < 1.29 is 9.15 Å². The van der Waals surface area contributed by atoms with E-state index < -0.39 is 0 Å². The lowest BCUT2D eigenvalue weighted by atomic mass is 10.1. The Morgan fingerprint density at radius 1 is 1.00 bits per heavy atom. The van der Waals surface area contributed by atoms with E-state index >= 15 is 0 Å². The summed E-state index contributed by atoms with van der Waals surface area (Å²) in [7, 11) is 1.68. The largest absolute Gasteiger partial charge is 0.497 e.